The molecule has 0 aromatic heterocycles. The molecule has 0 N–H and O–H groups in total. The highest BCUT2D eigenvalue weighted by atomic mass is 31.2. The van der Waals surface area contributed by atoms with Crippen molar-refractivity contribution in [2.24, 2.45) is 0 Å². The molecule has 0 aliphatic carbocycles. The maximum absolute atomic E-state index is 12.7. The highest BCUT2D eigenvalue weighted by Gasteiger charge is 2.26. The molecule has 0 unspecified atom stereocenters. The fourth-order valence-corrected chi connectivity index (χ4v) is 1.24. The monoisotopic (exact) mass is 244 g/mol. The van der Waals surface area contributed by atoms with Crippen molar-refractivity contribution in [3.8, 4) is 0 Å². The number of nitrogens with zero attached hydrogens (tertiary/aromatic N) is 2. The van der Waals surface area contributed by atoms with Crippen LogP contribution < -0.4 is 0 Å². The average molecular weight is 244 g/mol. The van der Waals surface area contributed by atoms with Crippen molar-refractivity contribution in [2.45, 2.75) is 0 Å². The first kappa shape index (κ1) is 17.4. The molecule has 15 heavy (non-hydrogen) atoms. The minimum Gasteiger partial charge on any atom is -0.382 e. The largest absolute Gasteiger partial charge is 0.382 e. The van der Waals surface area contributed by atoms with E-state index in [9.17, 15) is 8.76 Å². The maximum atomic E-state index is 12.7. The molecule has 0 fully saturated rings. The van der Waals surface area contributed by atoms with Gasteiger partial charge < -0.3 is 9.47 Å². The van der Waals surface area contributed by atoms with E-state index >= 15 is 0 Å². The standard InChI is InChI=1S/C4H12FN2OP.C4H10O2/c1-6(2)9(5,8)7(3)4;1-5-3-4-6-2/h1-4H3;3-4H2,1-2H3. The Morgan fingerprint density at radius 1 is 1.00 bits per heavy atom. The first-order valence-corrected chi connectivity index (χ1v) is 5.94. The van der Waals surface area contributed by atoms with Crippen LogP contribution in [0.15, 0.2) is 0 Å². The van der Waals surface area contributed by atoms with Crippen LogP contribution in [0.4, 0.5) is 4.20 Å². The van der Waals surface area contributed by atoms with E-state index in [4.69, 9.17) is 0 Å². The maximum Gasteiger partial charge on any atom is 0.381 e. The Bertz CT molecular complexity index is 175. The molecule has 0 amide bonds. The first-order chi connectivity index (χ1) is 6.80. The number of hydrogen-bond donors (Lipinski definition) is 0. The fraction of sp³-hybridized carbons (Fsp3) is 1.00. The van der Waals surface area contributed by atoms with Crippen LogP contribution >= 0.6 is 7.75 Å². The molecule has 0 atom stereocenters. The summed E-state index contributed by atoms with van der Waals surface area (Å²) < 4.78 is 35.0. The van der Waals surface area contributed by atoms with E-state index in [-0.39, 0.29) is 0 Å². The number of rotatable bonds is 5. The lowest BCUT2D eigenvalue weighted by Crippen LogP contribution is -2.17. The Morgan fingerprint density at radius 3 is 1.33 bits per heavy atom. The van der Waals surface area contributed by atoms with Gasteiger partial charge in [0, 0.05) is 14.2 Å². The summed E-state index contributed by atoms with van der Waals surface area (Å²) in [6, 6.07) is 0. The van der Waals surface area contributed by atoms with Gasteiger partial charge in [0.15, 0.2) is 0 Å². The van der Waals surface area contributed by atoms with Gasteiger partial charge in [-0.15, -0.1) is 0 Å². The molecule has 0 saturated carbocycles. The Kier molecular flexibility index (Phi) is 10.7. The Hall–Kier alpha value is -0.0000000000000000139. The lowest BCUT2D eigenvalue weighted by Gasteiger charge is -2.21. The van der Waals surface area contributed by atoms with Gasteiger partial charge >= 0.3 is 7.75 Å². The van der Waals surface area contributed by atoms with Crippen LogP contribution in [0.3, 0.4) is 0 Å². The molecule has 94 valence electrons. The molecule has 0 rings (SSSR count). The molecule has 0 aromatic carbocycles. The zero-order valence-electron chi connectivity index (χ0n) is 10.4. The molecule has 0 heterocycles. The van der Waals surface area contributed by atoms with Gasteiger partial charge in [0.2, 0.25) is 0 Å². The van der Waals surface area contributed by atoms with Crippen LogP contribution in [0.2, 0.25) is 0 Å². The molecule has 0 bridgehead atoms. The molecular formula is C8H22FN2O3P. The van der Waals surface area contributed by atoms with E-state index in [2.05, 4.69) is 9.47 Å². The lowest BCUT2D eigenvalue weighted by molar-refractivity contribution is 0.103. The molecule has 0 aliphatic heterocycles. The molecule has 0 saturated heterocycles. The molecule has 5 nitrogen and oxygen atoms in total. The molecule has 0 aromatic rings. The molecule has 0 aliphatic rings. The third kappa shape index (κ3) is 8.96. The zero-order chi connectivity index (χ0) is 12.5. The second-order valence-corrected chi connectivity index (χ2v) is 5.70. The van der Waals surface area contributed by atoms with Gasteiger partial charge in [-0.2, -0.15) is 4.20 Å². The predicted molar refractivity (Wildman–Crippen MR) is 59.8 cm³/mol. The molecule has 0 spiro atoms. The summed E-state index contributed by atoms with van der Waals surface area (Å²) in [6.07, 6.45) is 0. The van der Waals surface area contributed by atoms with Crippen molar-refractivity contribution < 1.29 is 18.2 Å². The van der Waals surface area contributed by atoms with E-state index in [1.807, 2.05) is 0 Å². The van der Waals surface area contributed by atoms with Crippen LogP contribution in [0.5, 0.6) is 0 Å². The third-order valence-corrected chi connectivity index (χ3v) is 3.45. The summed E-state index contributed by atoms with van der Waals surface area (Å²) in [5.74, 6) is 0. The highest BCUT2D eigenvalue weighted by Crippen LogP contribution is 2.50. The Morgan fingerprint density at radius 2 is 1.27 bits per heavy atom. The second-order valence-electron chi connectivity index (χ2n) is 3.15. The van der Waals surface area contributed by atoms with Crippen molar-refractivity contribution in [2.75, 3.05) is 55.6 Å². The third-order valence-electron chi connectivity index (χ3n) is 1.48. The minimum atomic E-state index is -3.67. The van der Waals surface area contributed by atoms with Gasteiger partial charge in [-0.1, -0.05) is 0 Å². The van der Waals surface area contributed by atoms with Crippen LogP contribution in [0.25, 0.3) is 0 Å². The van der Waals surface area contributed by atoms with E-state index in [1.54, 1.807) is 14.2 Å². The van der Waals surface area contributed by atoms with Gasteiger partial charge in [0.05, 0.1) is 13.2 Å². The fourth-order valence-electron chi connectivity index (χ4n) is 0.524. The van der Waals surface area contributed by atoms with E-state index in [0.29, 0.717) is 13.2 Å². The van der Waals surface area contributed by atoms with Crippen LogP contribution in [0, 0.1) is 0 Å². The van der Waals surface area contributed by atoms with Crippen LogP contribution in [0.1, 0.15) is 0 Å². The Balaban J connectivity index is 0. The van der Waals surface area contributed by atoms with Crippen molar-refractivity contribution in [3.05, 3.63) is 0 Å². The first-order valence-electron chi connectivity index (χ1n) is 4.43. The summed E-state index contributed by atoms with van der Waals surface area (Å²) >= 11 is 0. The van der Waals surface area contributed by atoms with E-state index in [0.717, 1.165) is 9.34 Å². The predicted octanol–water partition coefficient (Wildman–Crippen LogP) is 1.47. The van der Waals surface area contributed by atoms with Gasteiger partial charge in [-0.05, 0) is 28.2 Å². The Labute approximate surface area is 91.7 Å². The van der Waals surface area contributed by atoms with E-state index < -0.39 is 7.75 Å². The van der Waals surface area contributed by atoms with Gasteiger partial charge in [-0.25, -0.2) is 9.34 Å². The zero-order valence-corrected chi connectivity index (χ0v) is 11.3. The normalized spacial score (nSPS) is 11.5. The number of methoxy groups -OCH3 is 2. The summed E-state index contributed by atoms with van der Waals surface area (Å²) in [5.41, 5.74) is 0. The van der Waals surface area contributed by atoms with Gasteiger partial charge in [0.25, 0.3) is 0 Å². The summed E-state index contributed by atoms with van der Waals surface area (Å²) in [5, 5.41) is 0. The van der Waals surface area contributed by atoms with Crippen molar-refractivity contribution in [3.63, 3.8) is 0 Å². The summed E-state index contributed by atoms with van der Waals surface area (Å²) in [6.45, 7) is 1.38. The smallest absolute Gasteiger partial charge is 0.381 e. The highest BCUT2D eigenvalue weighted by molar-refractivity contribution is 7.53. The summed E-state index contributed by atoms with van der Waals surface area (Å²) in [7, 11) is 5.41. The second kappa shape index (κ2) is 9.24. The van der Waals surface area contributed by atoms with Crippen LogP contribution in [-0.2, 0) is 14.0 Å². The van der Waals surface area contributed by atoms with Gasteiger partial charge in [0.1, 0.15) is 0 Å². The summed E-state index contributed by atoms with van der Waals surface area (Å²) in [4.78, 5) is 0. The topological polar surface area (TPSA) is 42.0 Å². The SMILES string of the molecule is CN(C)P(=O)(F)N(C)C.COCCOC. The molecule has 0 radical (unpaired) electrons. The van der Waals surface area contributed by atoms with E-state index in [1.165, 1.54) is 28.2 Å². The molecule has 7 heteroatoms. The number of ether oxygens (including phenoxy) is 2. The number of halogens is 1. The lowest BCUT2D eigenvalue weighted by atomic mass is 10.8. The minimum absolute atomic E-state index is 0.691. The molecular weight excluding hydrogens is 222 g/mol. The quantitative estimate of drug-likeness (QED) is 0.541. The number of hydrogen-bond acceptors (Lipinski definition) is 3. The average Bonchev–Trinajstić information content (AvgIpc) is 2.15. The van der Waals surface area contributed by atoms with Crippen LogP contribution in [-0.4, -0.2) is 65.0 Å². The van der Waals surface area contributed by atoms with Gasteiger partial charge in [-0.3, -0.25) is 4.57 Å². The van der Waals surface area contributed by atoms with Crippen molar-refractivity contribution in [1.29, 1.82) is 0 Å². The van der Waals surface area contributed by atoms with Crippen molar-refractivity contribution >= 4 is 7.75 Å². The van der Waals surface area contributed by atoms with Crippen molar-refractivity contribution in [1.82, 2.24) is 9.34 Å².